The van der Waals surface area contributed by atoms with E-state index in [1.54, 1.807) is 44.6 Å². The van der Waals surface area contributed by atoms with Crippen molar-refractivity contribution in [1.29, 1.82) is 0 Å². The number of hydrogen-bond donors (Lipinski definition) is 0. The lowest BCUT2D eigenvalue weighted by atomic mass is 10.1. The minimum absolute atomic E-state index is 0.00324. The van der Waals surface area contributed by atoms with Gasteiger partial charge >= 0.3 is 0 Å². The van der Waals surface area contributed by atoms with Crippen molar-refractivity contribution in [3.63, 3.8) is 0 Å². The van der Waals surface area contributed by atoms with Gasteiger partial charge in [0.05, 0.1) is 44.5 Å². The topological polar surface area (TPSA) is 124 Å². The monoisotopic (exact) mass is 546 g/mol. The quantitative estimate of drug-likeness (QED) is 0.134. The predicted octanol–water partition coefficient (Wildman–Crippen LogP) is 3.00. The third-order valence-corrected chi connectivity index (χ3v) is 7.26. The van der Waals surface area contributed by atoms with Crippen LogP contribution in [0.3, 0.4) is 0 Å². The molecule has 2 aromatic carbocycles. The van der Waals surface area contributed by atoms with Gasteiger partial charge in [-0.1, -0.05) is 41.5 Å². The van der Waals surface area contributed by atoms with Crippen LogP contribution in [0.25, 0.3) is 5.69 Å². The molecule has 0 aliphatic carbocycles. The number of sulfone groups is 1. The second-order valence-electron chi connectivity index (χ2n) is 8.25. The van der Waals surface area contributed by atoms with Crippen molar-refractivity contribution >= 4 is 9.84 Å². The van der Waals surface area contributed by atoms with Gasteiger partial charge in [-0.05, 0) is 53.1 Å². The third kappa shape index (κ3) is 8.71. The summed E-state index contributed by atoms with van der Waals surface area (Å²) in [6, 6.07) is 16.4. The molecule has 3 rings (SSSR count). The number of nitrogens with zero attached hydrogens (tertiary/aromatic N) is 4. The van der Waals surface area contributed by atoms with Crippen molar-refractivity contribution in [3.8, 4) is 11.4 Å². The van der Waals surface area contributed by atoms with Gasteiger partial charge in [0.25, 0.3) is 5.16 Å². The van der Waals surface area contributed by atoms with Gasteiger partial charge in [0.1, 0.15) is 18.6 Å². The molecule has 0 saturated heterocycles. The Morgan fingerprint density at radius 2 is 1.79 bits per heavy atom. The van der Waals surface area contributed by atoms with Gasteiger partial charge in [0.2, 0.25) is 9.84 Å². The molecule has 0 bridgehead atoms. The van der Waals surface area contributed by atoms with Crippen LogP contribution in [0.2, 0.25) is 0 Å². The van der Waals surface area contributed by atoms with Gasteiger partial charge in [0.15, 0.2) is 0 Å². The highest BCUT2D eigenvalue weighted by molar-refractivity contribution is 7.91. The van der Waals surface area contributed by atoms with Crippen LogP contribution in [-0.4, -0.2) is 80.8 Å². The average Bonchev–Trinajstić information content (AvgIpc) is 3.45. The summed E-state index contributed by atoms with van der Waals surface area (Å²) >= 11 is 0. The molecule has 1 heterocycles. The van der Waals surface area contributed by atoms with E-state index in [9.17, 15) is 8.42 Å². The zero-order valence-corrected chi connectivity index (χ0v) is 22.5. The Bertz CT molecular complexity index is 1200. The second-order valence-corrected chi connectivity index (χ2v) is 10.3. The van der Waals surface area contributed by atoms with E-state index in [2.05, 4.69) is 22.1 Å². The Labute approximate surface area is 223 Å². The number of ether oxygens (including phenoxy) is 5. The maximum Gasteiger partial charge on any atom is 0.272 e. The molecule has 38 heavy (non-hydrogen) atoms. The molecule has 11 nitrogen and oxygen atoms in total. The summed E-state index contributed by atoms with van der Waals surface area (Å²) in [5, 5.41) is 11.0. The Hall–Kier alpha value is -3.16. The molecule has 0 unspecified atom stereocenters. The number of rotatable bonds is 18. The molecule has 0 aliphatic rings. The van der Waals surface area contributed by atoms with Crippen molar-refractivity contribution in [2.24, 2.45) is 0 Å². The van der Waals surface area contributed by atoms with E-state index >= 15 is 0 Å². The number of hydrogen-bond acceptors (Lipinski definition) is 10. The van der Waals surface area contributed by atoms with Crippen molar-refractivity contribution < 1.29 is 32.1 Å². The number of aromatic nitrogens is 4. The van der Waals surface area contributed by atoms with E-state index in [0.717, 1.165) is 11.3 Å². The largest absolute Gasteiger partial charge is 0.497 e. The summed E-state index contributed by atoms with van der Waals surface area (Å²) in [5.74, 6) is 0.579. The Balaban J connectivity index is 1.63. The lowest BCUT2D eigenvalue weighted by Gasteiger charge is -2.25. The van der Waals surface area contributed by atoms with Gasteiger partial charge in [-0.15, -0.1) is 6.58 Å². The fourth-order valence-corrected chi connectivity index (χ4v) is 4.89. The van der Waals surface area contributed by atoms with Gasteiger partial charge in [-0.2, -0.15) is 4.68 Å². The molecular formula is C26H34N4O7S. The standard InChI is InChI=1S/C26H34N4O7S/c1-4-24(36-19-21-12-14-23(34-3)15-13-21)25(37-20-35-17-16-33-2)11-8-18-38(31,32)26-27-28-29-30(26)22-9-6-5-7-10-22/h4-7,9-10,12-15,24-25H,1,8,11,16-20H2,2-3H3/t24-,25-/m0/s1. The lowest BCUT2D eigenvalue weighted by Crippen LogP contribution is -2.31. The zero-order valence-electron chi connectivity index (χ0n) is 21.6. The van der Waals surface area contributed by atoms with Crippen molar-refractivity contribution in [2.75, 3.05) is 40.0 Å². The van der Waals surface area contributed by atoms with Gasteiger partial charge in [-0.25, -0.2) is 8.42 Å². The lowest BCUT2D eigenvalue weighted by molar-refractivity contribution is -0.135. The van der Waals surface area contributed by atoms with Crippen LogP contribution in [-0.2, 0) is 35.4 Å². The van der Waals surface area contributed by atoms with Gasteiger partial charge < -0.3 is 23.7 Å². The smallest absolute Gasteiger partial charge is 0.272 e. The first-order chi connectivity index (χ1) is 18.5. The molecule has 12 heteroatoms. The number of para-hydroxylation sites is 1. The number of benzene rings is 2. The SMILES string of the molecule is C=C[C@H](OCc1ccc(OC)cc1)[C@H](CCCS(=O)(=O)c1nnnn1-c1ccccc1)OCOCCOC. The Morgan fingerprint density at radius 3 is 2.47 bits per heavy atom. The fraction of sp³-hybridized carbons (Fsp3) is 0.423. The average molecular weight is 547 g/mol. The third-order valence-electron chi connectivity index (χ3n) is 5.62. The molecule has 0 aliphatic heterocycles. The minimum Gasteiger partial charge on any atom is -0.497 e. The maximum absolute atomic E-state index is 13.1. The summed E-state index contributed by atoms with van der Waals surface area (Å²) in [4.78, 5) is 0. The van der Waals surface area contributed by atoms with E-state index < -0.39 is 22.0 Å². The maximum atomic E-state index is 13.1. The summed E-state index contributed by atoms with van der Waals surface area (Å²) in [6.45, 7) is 5.00. The number of methoxy groups -OCH3 is 2. The summed E-state index contributed by atoms with van der Waals surface area (Å²) < 4.78 is 55.1. The van der Waals surface area contributed by atoms with E-state index in [-0.39, 0.29) is 24.1 Å². The first-order valence-electron chi connectivity index (χ1n) is 12.1. The van der Waals surface area contributed by atoms with E-state index in [4.69, 9.17) is 23.7 Å². The summed E-state index contributed by atoms with van der Waals surface area (Å²) in [6.07, 6.45) is 1.31. The zero-order chi connectivity index (χ0) is 27.2. The molecule has 0 saturated carbocycles. The highest BCUT2D eigenvalue weighted by Crippen LogP contribution is 2.19. The highest BCUT2D eigenvalue weighted by Gasteiger charge is 2.26. The minimum atomic E-state index is -3.77. The van der Waals surface area contributed by atoms with E-state index in [1.165, 1.54) is 4.68 Å². The van der Waals surface area contributed by atoms with Crippen molar-refractivity contribution in [1.82, 2.24) is 20.2 Å². The predicted molar refractivity (Wildman–Crippen MR) is 140 cm³/mol. The van der Waals surface area contributed by atoms with Gasteiger partial charge in [0, 0.05) is 7.11 Å². The summed E-state index contributed by atoms with van der Waals surface area (Å²) in [7, 11) is -0.578. The molecule has 2 atom stereocenters. The highest BCUT2D eigenvalue weighted by atomic mass is 32.2. The molecule has 0 N–H and O–H groups in total. The molecule has 206 valence electrons. The van der Waals surface area contributed by atoms with Crippen LogP contribution < -0.4 is 4.74 Å². The number of tetrazole rings is 1. The Kier molecular flexibility index (Phi) is 11.8. The second kappa shape index (κ2) is 15.3. The van der Waals surface area contributed by atoms with Crippen LogP contribution in [0.4, 0.5) is 0 Å². The van der Waals surface area contributed by atoms with Gasteiger partial charge in [-0.3, -0.25) is 0 Å². The van der Waals surface area contributed by atoms with Crippen LogP contribution in [0.15, 0.2) is 72.4 Å². The van der Waals surface area contributed by atoms with Crippen LogP contribution in [0.1, 0.15) is 18.4 Å². The van der Waals surface area contributed by atoms with Crippen LogP contribution in [0.5, 0.6) is 5.75 Å². The molecular weight excluding hydrogens is 512 g/mol. The molecule has 1 aromatic heterocycles. The normalized spacial score (nSPS) is 13.2. The van der Waals surface area contributed by atoms with Crippen molar-refractivity contribution in [3.05, 3.63) is 72.8 Å². The molecule has 0 fully saturated rings. The summed E-state index contributed by atoms with van der Waals surface area (Å²) in [5.41, 5.74) is 1.51. The van der Waals surface area contributed by atoms with E-state index in [1.807, 2.05) is 30.3 Å². The molecule has 3 aromatic rings. The van der Waals surface area contributed by atoms with Crippen LogP contribution >= 0.6 is 0 Å². The Morgan fingerprint density at radius 1 is 1.03 bits per heavy atom. The fourth-order valence-electron chi connectivity index (χ4n) is 3.59. The molecule has 0 radical (unpaired) electrons. The first kappa shape index (κ1) is 29.4. The molecule has 0 amide bonds. The van der Waals surface area contributed by atoms with Crippen molar-refractivity contribution in [2.45, 2.75) is 36.8 Å². The van der Waals surface area contributed by atoms with E-state index in [0.29, 0.717) is 31.9 Å². The van der Waals surface area contributed by atoms with Crippen LogP contribution in [0, 0.1) is 0 Å². The first-order valence-corrected chi connectivity index (χ1v) is 13.8. The molecule has 0 spiro atoms.